The Bertz CT molecular complexity index is 1020. The molecule has 2 N–H and O–H groups in total. The summed E-state index contributed by atoms with van der Waals surface area (Å²) in [5.41, 5.74) is 1.19. The molecule has 3 aromatic rings. The van der Waals surface area contributed by atoms with Gasteiger partial charge >= 0.3 is 0 Å². The van der Waals surface area contributed by atoms with Gasteiger partial charge in [-0.1, -0.05) is 47.6 Å². The highest BCUT2D eigenvalue weighted by atomic mass is 32.2. The van der Waals surface area contributed by atoms with Crippen LogP contribution in [0.3, 0.4) is 0 Å². The van der Waals surface area contributed by atoms with Gasteiger partial charge in [0.25, 0.3) is 5.91 Å². The summed E-state index contributed by atoms with van der Waals surface area (Å²) in [7, 11) is -3.50. The molecule has 0 radical (unpaired) electrons. The normalized spacial score (nSPS) is 11.1. The molecule has 0 bridgehead atoms. The average Bonchev–Trinajstić information content (AvgIpc) is 3.08. The second-order valence-corrected chi connectivity index (χ2v) is 7.23. The summed E-state index contributed by atoms with van der Waals surface area (Å²) in [6, 6.07) is 15.6. The molecule has 0 aliphatic carbocycles. The number of benzene rings is 2. The molecule has 26 heavy (non-hydrogen) atoms. The number of carbonyl (C=O) groups is 1. The number of sulfonamides is 1. The van der Waals surface area contributed by atoms with Crippen molar-refractivity contribution in [1.29, 1.82) is 0 Å². The van der Waals surface area contributed by atoms with Gasteiger partial charge in [-0.3, -0.25) is 9.52 Å². The summed E-state index contributed by atoms with van der Waals surface area (Å²) in [5.74, 6) is 0.205. The van der Waals surface area contributed by atoms with E-state index >= 15 is 0 Å². The lowest BCUT2D eigenvalue weighted by Crippen LogP contribution is -2.24. The van der Waals surface area contributed by atoms with Gasteiger partial charge in [-0.25, -0.2) is 8.42 Å². The zero-order valence-electron chi connectivity index (χ0n) is 13.8. The molecule has 0 spiro atoms. The number of anilines is 1. The van der Waals surface area contributed by atoms with Crippen molar-refractivity contribution in [2.75, 3.05) is 11.0 Å². The summed E-state index contributed by atoms with van der Waals surface area (Å²) in [4.78, 5) is 16.6. The highest BCUT2D eigenvalue weighted by Crippen LogP contribution is 2.17. The molecule has 0 saturated heterocycles. The zero-order valence-corrected chi connectivity index (χ0v) is 14.7. The van der Waals surface area contributed by atoms with E-state index in [4.69, 9.17) is 4.52 Å². The van der Waals surface area contributed by atoms with E-state index in [0.29, 0.717) is 5.82 Å². The number of carbonyl (C=O) groups excluding carboxylic acids is 1. The number of hydrogen-bond acceptors (Lipinski definition) is 6. The maximum Gasteiger partial charge on any atom is 0.253 e. The van der Waals surface area contributed by atoms with Gasteiger partial charge in [-0.05, 0) is 12.1 Å². The van der Waals surface area contributed by atoms with Crippen molar-refractivity contribution in [2.24, 2.45) is 0 Å². The van der Waals surface area contributed by atoms with Crippen LogP contribution in [0.5, 0.6) is 0 Å². The Morgan fingerprint density at radius 2 is 1.77 bits per heavy atom. The van der Waals surface area contributed by atoms with E-state index in [2.05, 4.69) is 20.2 Å². The first kappa shape index (κ1) is 17.6. The molecule has 1 aromatic heterocycles. The first-order chi connectivity index (χ1) is 12.4. The second-order valence-electron chi connectivity index (χ2n) is 5.48. The number of aromatic nitrogens is 2. The molecule has 0 aliphatic rings. The molecule has 0 aliphatic heterocycles. The molecule has 2 aromatic carbocycles. The second kappa shape index (κ2) is 7.36. The molecule has 8 nitrogen and oxygen atoms in total. The summed E-state index contributed by atoms with van der Waals surface area (Å²) in [6.45, 7) is 0.0197. The largest absolute Gasteiger partial charge is 0.343 e. The van der Waals surface area contributed by atoms with Crippen molar-refractivity contribution in [3.05, 3.63) is 66.1 Å². The Morgan fingerprint density at radius 3 is 2.50 bits per heavy atom. The number of amides is 1. The highest BCUT2D eigenvalue weighted by molar-refractivity contribution is 7.92. The predicted octanol–water partition coefficient (Wildman–Crippen LogP) is 2.04. The fourth-order valence-electron chi connectivity index (χ4n) is 2.25. The van der Waals surface area contributed by atoms with Gasteiger partial charge in [0, 0.05) is 5.56 Å². The first-order valence-electron chi connectivity index (χ1n) is 7.65. The van der Waals surface area contributed by atoms with Crippen molar-refractivity contribution in [1.82, 2.24) is 15.5 Å². The van der Waals surface area contributed by atoms with Crippen LogP contribution in [0.4, 0.5) is 5.69 Å². The third kappa shape index (κ3) is 4.45. The van der Waals surface area contributed by atoms with Gasteiger partial charge in [-0.15, -0.1) is 0 Å². The molecule has 0 fully saturated rings. The minimum atomic E-state index is -3.50. The predicted molar refractivity (Wildman–Crippen MR) is 95.8 cm³/mol. The first-order valence-corrected chi connectivity index (χ1v) is 9.54. The Balaban J connectivity index is 1.69. The van der Waals surface area contributed by atoms with Crippen molar-refractivity contribution < 1.29 is 17.7 Å². The maximum atomic E-state index is 12.4. The van der Waals surface area contributed by atoms with E-state index < -0.39 is 15.9 Å². The van der Waals surface area contributed by atoms with E-state index in [1.807, 2.05) is 30.3 Å². The van der Waals surface area contributed by atoms with Crippen LogP contribution in [0, 0.1) is 0 Å². The summed E-state index contributed by atoms with van der Waals surface area (Å²) in [6.07, 6.45) is 1.02. The van der Waals surface area contributed by atoms with Crippen molar-refractivity contribution in [2.45, 2.75) is 6.54 Å². The van der Waals surface area contributed by atoms with E-state index in [0.717, 1.165) is 11.8 Å². The smallest absolute Gasteiger partial charge is 0.253 e. The number of hydrogen-bond donors (Lipinski definition) is 2. The standard InChI is InChI=1S/C17H16N4O4S/c1-26(23,24)21-14-10-6-5-9-13(14)17(22)18-11-15-19-16(20-25-15)12-7-3-2-4-8-12/h2-10,21H,11H2,1H3,(H,18,22). The van der Waals surface area contributed by atoms with Crippen LogP contribution in [0.2, 0.25) is 0 Å². The summed E-state index contributed by atoms with van der Waals surface area (Å²) in [5, 5.41) is 6.51. The molecule has 134 valence electrons. The van der Waals surface area contributed by atoms with Crippen molar-refractivity contribution in [3.8, 4) is 11.4 Å². The fraction of sp³-hybridized carbons (Fsp3) is 0.118. The Hall–Kier alpha value is -3.20. The van der Waals surface area contributed by atoms with Gasteiger partial charge in [0.1, 0.15) is 0 Å². The van der Waals surface area contributed by atoms with Crippen LogP contribution in [-0.2, 0) is 16.6 Å². The lowest BCUT2D eigenvalue weighted by molar-refractivity contribution is 0.0947. The number of nitrogens with zero attached hydrogens (tertiary/aromatic N) is 2. The Kier molecular flexibility index (Phi) is 4.99. The zero-order chi connectivity index (χ0) is 18.6. The third-order valence-corrected chi connectivity index (χ3v) is 3.96. The average molecular weight is 372 g/mol. The van der Waals surface area contributed by atoms with Gasteiger partial charge in [0.2, 0.25) is 21.7 Å². The number of para-hydroxylation sites is 1. The quantitative estimate of drug-likeness (QED) is 0.684. The molecular weight excluding hydrogens is 356 g/mol. The number of rotatable bonds is 6. The summed E-state index contributed by atoms with van der Waals surface area (Å²) >= 11 is 0. The van der Waals surface area contributed by atoms with Crippen LogP contribution in [0.1, 0.15) is 16.2 Å². The molecule has 1 heterocycles. The van der Waals surface area contributed by atoms with E-state index in [9.17, 15) is 13.2 Å². The monoisotopic (exact) mass is 372 g/mol. The third-order valence-electron chi connectivity index (χ3n) is 3.37. The van der Waals surface area contributed by atoms with Crippen molar-refractivity contribution >= 4 is 21.6 Å². The topological polar surface area (TPSA) is 114 Å². The highest BCUT2D eigenvalue weighted by Gasteiger charge is 2.15. The van der Waals surface area contributed by atoms with E-state index in [1.54, 1.807) is 12.1 Å². The molecule has 0 atom stereocenters. The van der Waals surface area contributed by atoms with Crippen LogP contribution in [-0.4, -0.2) is 30.7 Å². The lowest BCUT2D eigenvalue weighted by Gasteiger charge is -2.10. The summed E-state index contributed by atoms with van der Waals surface area (Å²) < 4.78 is 30.3. The van der Waals surface area contributed by atoms with Crippen LogP contribution >= 0.6 is 0 Å². The van der Waals surface area contributed by atoms with Crippen LogP contribution in [0.25, 0.3) is 11.4 Å². The number of nitrogens with one attached hydrogen (secondary N) is 2. The van der Waals surface area contributed by atoms with Gasteiger partial charge in [-0.2, -0.15) is 4.98 Å². The Labute approximate surface area is 150 Å². The van der Waals surface area contributed by atoms with Gasteiger partial charge < -0.3 is 9.84 Å². The van der Waals surface area contributed by atoms with Gasteiger partial charge in [0.15, 0.2) is 0 Å². The van der Waals surface area contributed by atoms with Crippen LogP contribution < -0.4 is 10.0 Å². The fourth-order valence-corrected chi connectivity index (χ4v) is 2.83. The molecule has 9 heteroatoms. The molecule has 0 unspecified atom stereocenters. The van der Waals surface area contributed by atoms with E-state index in [1.165, 1.54) is 12.1 Å². The molecule has 0 saturated carbocycles. The molecule has 3 rings (SSSR count). The van der Waals surface area contributed by atoms with Gasteiger partial charge in [0.05, 0.1) is 24.1 Å². The lowest BCUT2D eigenvalue weighted by atomic mass is 10.1. The Morgan fingerprint density at radius 1 is 1.08 bits per heavy atom. The van der Waals surface area contributed by atoms with Crippen molar-refractivity contribution in [3.63, 3.8) is 0 Å². The SMILES string of the molecule is CS(=O)(=O)Nc1ccccc1C(=O)NCc1nc(-c2ccccc2)no1. The molecular formula is C17H16N4O4S. The minimum Gasteiger partial charge on any atom is -0.343 e. The van der Waals surface area contributed by atoms with E-state index in [-0.39, 0.29) is 23.7 Å². The maximum absolute atomic E-state index is 12.4. The minimum absolute atomic E-state index is 0.0197. The molecule has 1 amide bonds. The van der Waals surface area contributed by atoms with Crippen LogP contribution in [0.15, 0.2) is 59.1 Å².